The molecule has 1 heterocycles. The van der Waals surface area contributed by atoms with Crippen LogP contribution in [0.1, 0.15) is 25.8 Å². The SMILES string of the molecule is CCNC(=NCC(C)(O)c1ccsc1)NCCCS(=O)(=O)c1ccccc1. The van der Waals surface area contributed by atoms with E-state index < -0.39 is 15.4 Å². The molecule has 0 aliphatic carbocycles. The van der Waals surface area contributed by atoms with Crippen molar-refractivity contribution in [3.05, 3.63) is 52.7 Å². The normalized spacial score (nSPS) is 14.6. The van der Waals surface area contributed by atoms with E-state index >= 15 is 0 Å². The minimum atomic E-state index is -3.27. The first-order chi connectivity index (χ1) is 12.8. The van der Waals surface area contributed by atoms with Gasteiger partial charge in [0.25, 0.3) is 0 Å². The lowest BCUT2D eigenvalue weighted by Crippen LogP contribution is -2.39. The minimum Gasteiger partial charge on any atom is -0.383 e. The number of thiophene rings is 1. The Morgan fingerprint density at radius 3 is 2.59 bits per heavy atom. The third-order valence-corrected chi connectivity index (χ3v) is 6.52. The summed E-state index contributed by atoms with van der Waals surface area (Å²) in [5.41, 5.74) is -0.208. The van der Waals surface area contributed by atoms with Gasteiger partial charge in [0.2, 0.25) is 0 Å². The van der Waals surface area contributed by atoms with Crippen LogP contribution in [0, 0.1) is 0 Å². The van der Waals surface area contributed by atoms with E-state index in [4.69, 9.17) is 0 Å². The van der Waals surface area contributed by atoms with Gasteiger partial charge in [0.15, 0.2) is 15.8 Å². The monoisotopic (exact) mass is 409 g/mol. The predicted octanol–water partition coefficient (Wildman–Crippen LogP) is 2.37. The van der Waals surface area contributed by atoms with E-state index in [1.165, 1.54) is 11.3 Å². The molecule has 6 nitrogen and oxygen atoms in total. The zero-order valence-corrected chi connectivity index (χ0v) is 17.3. The van der Waals surface area contributed by atoms with Crippen molar-refractivity contribution in [2.24, 2.45) is 4.99 Å². The number of aliphatic imine (C=N–C) groups is 1. The van der Waals surface area contributed by atoms with Crippen LogP contribution in [0.3, 0.4) is 0 Å². The Balaban J connectivity index is 1.87. The van der Waals surface area contributed by atoms with Gasteiger partial charge < -0.3 is 15.7 Å². The molecule has 0 aliphatic rings. The van der Waals surface area contributed by atoms with Crippen molar-refractivity contribution in [1.82, 2.24) is 10.6 Å². The summed E-state index contributed by atoms with van der Waals surface area (Å²) in [4.78, 5) is 4.78. The van der Waals surface area contributed by atoms with Crippen LogP contribution in [0.25, 0.3) is 0 Å². The van der Waals surface area contributed by atoms with Gasteiger partial charge in [0, 0.05) is 13.1 Å². The number of nitrogens with zero attached hydrogens (tertiary/aromatic N) is 1. The predicted molar refractivity (Wildman–Crippen MR) is 111 cm³/mol. The molecular weight excluding hydrogens is 382 g/mol. The van der Waals surface area contributed by atoms with Crippen LogP contribution in [0.4, 0.5) is 0 Å². The summed E-state index contributed by atoms with van der Waals surface area (Å²) in [6.07, 6.45) is 0.461. The van der Waals surface area contributed by atoms with Crippen molar-refractivity contribution in [2.75, 3.05) is 25.4 Å². The maximum atomic E-state index is 12.3. The Kier molecular flexibility index (Phi) is 7.82. The molecule has 0 saturated carbocycles. The van der Waals surface area contributed by atoms with Gasteiger partial charge in [-0.1, -0.05) is 18.2 Å². The van der Waals surface area contributed by atoms with E-state index in [1.807, 2.05) is 23.8 Å². The number of aliphatic hydroxyl groups is 1. The van der Waals surface area contributed by atoms with E-state index in [1.54, 1.807) is 37.3 Å². The topological polar surface area (TPSA) is 90.8 Å². The fourth-order valence-corrected chi connectivity index (χ4v) is 4.57. The van der Waals surface area contributed by atoms with E-state index in [-0.39, 0.29) is 12.3 Å². The maximum Gasteiger partial charge on any atom is 0.191 e. The van der Waals surface area contributed by atoms with Crippen molar-refractivity contribution in [3.8, 4) is 0 Å². The van der Waals surface area contributed by atoms with Gasteiger partial charge >= 0.3 is 0 Å². The van der Waals surface area contributed by atoms with Gasteiger partial charge in [0.05, 0.1) is 17.2 Å². The van der Waals surface area contributed by atoms with Gasteiger partial charge in [-0.05, 0) is 54.8 Å². The molecule has 1 unspecified atom stereocenters. The number of hydrogen-bond acceptors (Lipinski definition) is 5. The van der Waals surface area contributed by atoms with Gasteiger partial charge in [0.1, 0.15) is 5.60 Å². The van der Waals surface area contributed by atoms with Crippen LogP contribution in [0.15, 0.2) is 57.0 Å². The molecular formula is C19H27N3O3S2. The fourth-order valence-electron chi connectivity index (χ4n) is 2.45. The molecule has 148 valence electrons. The Hall–Kier alpha value is -1.90. The largest absolute Gasteiger partial charge is 0.383 e. The molecule has 2 rings (SSSR count). The summed E-state index contributed by atoms with van der Waals surface area (Å²) >= 11 is 1.53. The summed E-state index contributed by atoms with van der Waals surface area (Å²) in [5.74, 6) is 0.626. The lowest BCUT2D eigenvalue weighted by atomic mass is 10.00. The lowest BCUT2D eigenvalue weighted by Gasteiger charge is -2.21. The molecule has 0 saturated heterocycles. The second-order valence-electron chi connectivity index (χ2n) is 6.39. The van der Waals surface area contributed by atoms with E-state index in [0.717, 1.165) is 5.56 Å². The van der Waals surface area contributed by atoms with Crippen molar-refractivity contribution >= 4 is 27.1 Å². The Morgan fingerprint density at radius 1 is 1.22 bits per heavy atom. The van der Waals surface area contributed by atoms with Gasteiger partial charge in [-0.3, -0.25) is 0 Å². The summed E-state index contributed by atoms with van der Waals surface area (Å²) in [5, 5.41) is 20.6. The molecule has 27 heavy (non-hydrogen) atoms. The average Bonchev–Trinajstić information content (AvgIpc) is 3.20. The summed E-state index contributed by atoms with van der Waals surface area (Å²) in [7, 11) is -3.27. The van der Waals surface area contributed by atoms with Crippen LogP contribution < -0.4 is 10.6 Å². The van der Waals surface area contributed by atoms with Crippen LogP contribution in [-0.2, 0) is 15.4 Å². The molecule has 3 N–H and O–H groups in total. The number of guanidine groups is 1. The highest BCUT2D eigenvalue weighted by Crippen LogP contribution is 2.23. The molecule has 0 fully saturated rings. The third-order valence-electron chi connectivity index (χ3n) is 4.02. The first kappa shape index (κ1) is 21.4. The van der Waals surface area contributed by atoms with Crippen molar-refractivity contribution < 1.29 is 13.5 Å². The molecule has 8 heteroatoms. The van der Waals surface area contributed by atoms with Crippen LogP contribution in [0.2, 0.25) is 0 Å². The first-order valence-electron chi connectivity index (χ1n) is 8.90. The lowest BCUT2D eigenvalue weighted by molar-refractivity contribution is 0.0677. The molecule has 1 aromatic heterocycles. The van der Waals surface area contributed by atoms with Crippen LogP contribution in [-0.4, -0.2) is 44.9 Å². The van der Waals surface area contributed by atoms with Gasteiger partial charge in [-0.15, -0.1) is 0 Å². The number of nitrogens with one attached hydrogen (secondary N) is 2. The number of benzene rings is 1. The molecule has 0 amide bonds. The molecule has 0 aliphatic heterocycles. The van der Waals surface area contributed by atoms with E-state index in [9.17, 15) is 13.5 Å². The Morgan fingerprint density at radius 2 is 1.96 bits per heavy atom. The van der Waals surface area contributed by atoms with Crippen LogP contribution >= 0.6 is 11.3 Å². The first-order valence-corrected chi connectivity index (χ1v) is 11.5. The highest BCUT2D eigenvalue weighted by molar-refractivity contribution is 7.91. The molecule has 0 bridgehead atoms. The Bertz CT molecular complexity index is 817. The van der Waals surface area contributed by atoms with E-state index in [0.29, 0.717) is 30.4 Å². The fraction of sp³-hybridized carbons (Fsp3) is 0.421. The minimum absolute atomic E-state index is 0.0655. The van der Waals surface area contributed by atoms with Gasteiger partial charge in [-0.2, -0.15) is 11.3 Å². The second kappa shape index (κ2) is 9.87. The standard InChI is InChI=1S/C19H27N3O3S2/c1-3-20-18(22-15-19(2,23)16-10-12-26-14-16)21-11-7-13-27(24,25)17-8-5-4-6-9-17/h4-6,8-10,12,14,23H,3,7,11,13,15H2,1-2H3,(H2,20,21,22). The number of sulfone groups is 1. The highest BCUT2D eigenvalue weighted by Gasteiger charge is 2.23. The number of hydrogen-bond donors (Lipinski definition) is 3. The summed E-state index contributed by atoms with van der Waals surface area (Å²) in [6, 6.07) is 10.3. The zero-order chi connectivity index (χ0) is 19.8. The van der Waals surface area contributed by atoms with Crippen molar-refractivity contribution in [2.45, 2.75) is 30.8 Å². The maximum absolute atomic E-state index is 12.3. The van der Waals surface area contributed by atoms with E-state index in [2.05, 4.69) is 15.6 Å². The summed E-state index contributed by atoms with van der Waals surface area (Å²) in [6.45, 7) is 5.04. The quantitative estimate of drug-likeness (QED) is 0.336. The third kappa shape index (κ3) is 6.64. The van der Waals surface area contributed by atoms with Crippen molar-refractivity contribution in [1.29, 1.82) is 0 Å². The second-order valence-corrected chi connectivity index (χ2v) is 9.28. The molecule has 0 spiro atoms. The van der Waals surface area contributed by atoms with Crippen molar-refractivity contribution in [3.63, 3.8) is 0 Å². The number of rotatable bonds is 9. The molecule has 0 radical (unpaired) electrons. The highest BCUT2D eigenvalue weighted by atomic mass is 32.2. The molecule has 2 aromatic rings. The van der Waals surface area contributed by atoms with Gasteiger partial charge in [-0.25, -0.2) is 13.4 Å². The molecule has 1 aromatic carbocycles. The zero-order valence-electron chi connectivity index (χ0n) is 15.7. The van der Waals surface area contributed by atoms with Crippen LogP contribution in [0.5, 0.6) is 0 Å². The average molecular weight is 410 g/mol. The molecule has 1 atom stereocenters. The smallest absolute Gasteiger partial charge is 0.191 e. The summed E-state index contributed by atoms with van der Waals surface area (Å²) < 4.78 is 24.6. The Labute approximate surface area is 165 Å².